The zero-order valence-electron chi connectivity index (χ0n) is 12.1. The maximum atomic E-state index is 11.2. The van der Waals surface area contributed by atoms with Gasteiger partial charge in [0.05, 0.1) is 5.60 Å². The maximum absolute atomic E-state index is 11.2. The smallest absolute Gasteiger partial charge is 0.221 e. The number of hydrogen-bond donors (Lipinski definition) is 3. The third-order valence-corrected chi connectivity index (χ3v) is 3.88. The third kappa shape index (κ3) is 4.32. The molecule has 1 fully saturated rings. The molecule has 0 atom stereocenters. The lowest BCUT2D eigenvalue weighted by molar-refractivity contribution is -0.114. The van der Waals surface area contributed by atoms with Gasteiger partial charge in [0.15, 0.2) is 0 Å². The lowest BCUT2D eigenvalue weighted by Gasteiger charge is -2.32. The summed E-state index contributed by atoms with van der Waals surface area (Å²) in [6, 6.07) is 7.75. The van der Waals surface area contributed by atoms with Gasteiger partial charge in [-0.05, 0) is 24.5 Å². The number of hydrogen-bond acceptors (Lipinski definition) is 3. The van der Waals surface area contributed by atoms with Crippen LogP contribution in [-0.2, 0) is 11.3 Å². The molecule has 0 saturated heterocycles. The third-order valence-electron chi connectivity index (χ3n) is 3.88. The van der Waals surface area contributed by atoms with Gasteiger partial charge >= 0.3 is 0 Å². The molecule has 1 aliphatic rings. The van der Waals surface area contributed by atoms with E-state index in [0.717, 1.165) is 36.9 Å². The van der Waals surface area contributed by atoms with Crippen molar-refractivity contribution in [3.63, 3.8) is 0 Å². The molecule has 3 N–H and O–H groups in total. The van der Waals surface area contributed by atoms with Crippen LogP contribution < -0.4 is 10.6 Å². The summed E-state index contributed by atoms with van der Waals surface area (Å²) in [6.07, 6.45) is 5.22. The number of para-hydroxylation sites is 1. The minimum absolute atomic E-state index is 0.0663. The molecule has 1 amide bonds. The van der Waals surface area contributed by atoms with Crippen molar-refractivity contribution in [3.8, 4) is 0 Å². The Labute approximate surface area is 120 Å². The van der Waals surface area contributed by atoms with E-state index < -0.39 is 5.60 Å². The Kier molecular flexibility index (Phi) is 5.15. The molecular formula is C16H24N2O2. The summed E-state index contributed by atoms with van der Waals surface area (Å²) in [7, 11) is 0. The fourth-order valence-corrected chi connectivity index (χ4v) is 2.80. The van der Waals surface area contributed by atoms with Crippen LogP contribution in [0.4, 0.5) is 5.69 Å². The molecule has 20 heavy (non-hydrogen) atoms. The molecule has 0 radical (unpaired) electrons. The van der Waals surface area contributed by atoms with Gasteiger partial charge in [0.1, 0.15) is 0 Å². The lowest BCUT2D eigenvalue weighted by atomic mass is 9.85. The van der Waals surface area contributed by atoms with Gasteiger partial charge < -0.3 is 15.7 Å². The van der Waals surface area contributed by atoms with Crippen LogP contribution in [0.2, 0.25) is 0 Å². The van der Waals surface area contributed by atoms with Crippen molar-refractivity contribution in [2.45, 2.75) is 51.2 Å². The van der Waals surface area contributed by atoms with Crippen molar-refractivity contribution >= 4 is 11.6 Å². The molecule has 0 aromatic heterocycles. The Bertz CT molecular complexity index is 454. The van der Waals surface area contributed by atoms with Crippen LogP contribution in [0.1, 0.15) is 44.6 Å². The van der Waals surface area contributed by atoms with E-state index in [1.165, 1.54) is 13.3 Å². The molecule has 1 aromatic carbocycles. The second-order valence-electron chi connectivity index (χ2n) is 5.73. The maximum Gasteiger partial charge on any atom is 0.221 e. The van der Waals surface area contributed by atoms with E-state index in [4.69, 9.17) is 0 Å². The monoisotopic (exact) mass is 276 g/mol. The van der Waals surface area contributed by atoms with Crippen LogP contribution in [0.5, 0.6) is 0 Å². The van der Waals surface area contributed by atoms with E-state index in [1.54, 1.807) is 0 Å². The summed E-state index contributed by atoms with van der Waals surface area (Å²) < 4.78 is 0. The molecule has 4 nitrogen and oxygen atoms in total. The van der Waals surface area contributed by atoms with Crippen molar-refractivity contribution in [1.29, 1.82) is 0 Å². The quantitative estimate of drug-likeness (QED) is 0.774. The lowest BCUT2D eigenvalue weighted by Crippen LogP contribution is -2.41. The molecule has 4 heteroatoms. The Balaban J connectivity index is 1.89. The van der Waals surface area contributed by atoms with Crippen LogP contribution in [0.15, 0.2) is 24.3 Å². The fourth-order valence-electron chi connectivity index (χ4n) is 2.80. The minimum Gasteiger partial charge on any atom is -0.389 e. The number of carbonyl (C=O) groups is 1. The summed E-state index contributed by atoms with van der Waals surface area (Å²) in [5.41, 5.74) is 1.33. The van der Waals surface area contributed by atoms with Gasteiger partial charge in [0.2, 0.25) is 5.91 Å². The number of anilines is 1. The predicted octanol–water partition coefficient (Wildman–Crippen LogP) is 2.43. The first kappa shape index (κ1) is 15.0. The van der Waals surface area contributed by atoms with Gasteiger partial charge in [0.25, 0.3) is 0 Å². The number of amides is 1. The summed E-state index contributed by atoms with van der Waals surface area (Å²) >= 11 is 0. The van der Waals surface area contributed by atoms with Gasteiger partial charge in [0, 0.05) is 25.7 Å². The van der Waals surface area contributed by atoms with Crippen molar-refractivity contribution in [2.24, 2.45) is 0 Å². The van der Waals surface area contributed by atoms with E-state index in [9.17, 15) is 9.90 Å². The van der Waals surface area contributed by atoms with Crippen molar-refractivity contribution in [3.05, 3.63) is 29.8 Å². The zero-order valence-corrected chi connectivity index (χ0v) is 12.1. The Morgan fingerprint density at radius 2 is 1.95 bits per heavy atom. The highest BCUT2D eigenvalue weighted by atomic mass is 16.3. The normalized spacial score (nSPS) is 17.7. The minimum atomic E-state index is -0.554. The van der Waals surface area contributed by atoms with Crippen LogP contribution in [-0.4, -0.2) is 23.2 Å². The number of carbonyl (C=O) groups excluding carboxylic acids is 1. The first-order valence-corrected chi connectivity index (χ1v) is 7.38. The number of benzene rings is 1. The zero-order chi connectivity index (χ0) is 14.4. The summed E-state index contributed by atoms with van der Waals surface area (Å²) in [5.74, 6) is -0.0663. The molecule has 2 rings (SSSR count). The first-order chi connectivity index (χ1) is 9.59. The van der Waals surface area contributed by atoms with E-state index in [2.05, 4.69) is 10.6 Å². The Morgan fingerprint density at radius 1 is 1.25 bits per heavy atom. The van der Waals surface area contributed by atoms with Gasteiger partial charge in [-0.3, -0.25) is 4.79 Å². The second-order valence-corrected chi connectivity index (χ2v) is 5.73. The average Bonchev–Trinajstić information content (AvgIpc) is 2.41. The SMILES string of the molecule is CC(=O)Nc1ccccc1CNCC1(O)CCCCC1. The molecule has 0 heterocycles. The van der Waals surface area contributed by atoms with E-state index in [1.807, 2.05) is 24.3 Å². The standard InChI is InChI=1S/C16H24N2O2/c1-13(19)18-15-8-4-3-7-14(15)11-17-12-16(20)9-5-2-6-10-16/h3-4,7-8,17,20H,2,5-6,9-12H2,1H3,(H,18,19). The largest absolute Gasteiger partial charge is 0.389 e. The molecule has 0 aliphatic heterocycles. The molecule has 1 saturated carbocycles. The summed E-state index contributed by atoms with van der Waals surface area (Å²) in [5, 5.41) is 16.6. The highest BCUT2D eigenvalue weighted by molar-refractivity contribution is 5.89. The van der Waals surface area contributed by atoms with Crippen molar-refractivity contribution in [2.75, 3.05) is 11.9 Å². The summed E-state index contributed by atoms with van der Waals surface area (Å²) in [6.45, 7) is 2.77. The second kappa shape index (κ2) is 6.86. The predicted molar refractivity (Wildman–Crippen MR) is 80.5 cm³/mol. The molecule has 110 valence electrons. The topological polar surface area (TPSA) is 61.4 Å². The van der Waals surface area contributed by atoms with Crippen LogP contribution in [0.3, 0.4) is 0 Å². The van der Waals surface area contributed by atoms with Gasteiger partial charge in [-0.15, -0.1) is 0 Å². The number of nitrogens with one attached hydrogen (secondary N) is 2. The molecule has 0 bridgehead atoms. The van der Waals surface area contributed by atoms with Crippen LogP contribution in [0, 0.1) is 0 Å². The highest BCUT2D eigenvalue weighted by Crippen LogP contribution is 2.27. The van der Waals surface area contributed by atoms with E-state index >= 15 is 0 Å². The van der Waals surface area contributed by atoms with Crippen LogP contribution >= 0.6 is 0 Å². The molecule has 0 unspecified atom stereocenters. The average molecular weight is 276 g/mol. The highest BCUT2D eigenvalue weighted by Gasteiger charge is 2.28. The molecule has 1 aromatic rings. The van der Waals surface area contributed by atoms with E-state index in [0.29, 0.717) is 13.1 Å². The van der Waals surface area contributed by atoms with Crippen molar-refractivity contribution < 1.29 is 9.90 Å². The van der Waals surface area contributed by atoms with Crippen LogP contribution in [0.25, 0.3) is 0 Å². The fraction of sp³-hybridized carbons (Fsp3) is 0.562. The van der Waals surface area contributed by atoms with Crippen molar-refractivity contribution in [1.82, 2.24) is 5.32 Å². The van der Waals surface area contributed by atoms with Gasteiger partial charge in [-0.25, -0.2) is 0 Å². The van der Waals surface area contributed by atoms with Gasteiger partial charge in [-0.1, -0.05) is 37.5 Å². The molecule has 0 spiro atoms. The number of rotatable bonds is 5. The Morgan fingerprint density at radius 3 is 2.65 bits per heavy atom. The molecular weight excluding hydrogens is 252 g/mol. The Hall–Kier alpha value is -1.39. The molecule has 1 aliphatic carbocycles. The first-order valence-electron chi connectivity index (χ1n) is 7.38. The summed E-state index contributed by atoms with van der Waals surface area (Å²) in [4.78, 5) is 11.2. The van der Waals surface area contributed by atoms with Gasteiger partial charge in [-0.2, -0.15) is 0 Å². The van der Waals surface area contributed by atoms with E-state index in [-0.39, 0.29) is 5.91 Å². The number of aliphatic hydroxyl groups is 1.